The molecule has 3 aromatic carbocycles. The first-order chi connectivity index (χ1) is 20.0. The molecule has 0 aliphatic rings. The van der Waals surface area contributed by atoms with Gasteiger partial charge >= 0.3 is 5.97 Å². The number of esters is 1. The second kappa shape index (κ2) is 17.9. The highest BCUT2D eigenvalue weighted by Crippen LogP contribution is 2.28. The van der Waals surface area contributed by atoms with Crippen LogP contribution in [0.25, 0.3) is 11.1 Å². The number of rotatable bonds is 17. The smallest absolute Gasteiger partial charge is 0.328 e. The Morgan fingerprint density at radius 1 is 0.951 bits per heavy atom. The van der Waals surface area contributed by atoms with E-state index < -0.39 is 12.0 Å². The van der Waals surface area contributed by atoms with E-state index in [9.17, 15) is 9.59 Å². The molecule has 3 rings (SSSR count). The molecule has 2 atom stereocenters. The molecule has 8 heteroatoms. The predicted octanol–water partition coefficient (Wildman–Crippen LogP) is 6.11. The quantitative estimate of drug-likeness (QED) is 0.183. The van der Waals surface area contributed by atoms with Crippen molar-refractivity contribution in [2.75, 3.05) is 37.2 Å². The van der Waals surface area contributed by atoms with Gasteiger partial charge in [0.1, 0.15) is 6.04 Å². The zero-order valence-corrected chi connectivity index (χ0v) is 26.1. The van der Waals surface area contributed by atoms with E-state index in [1.807, 2.05) is 79.5 Å². The summed E-state index contributed by atoms with van der Waals surface area (Å²) in [5.74, 6) is 2.01. The monoisotopic (exact) mass is 594 g/mol. The molecule has 41 heavy (non-hydrogen) atoms. The lowest BCUT2D eigenvalue weighted by molar-refractivity contribution is -0.142. The molecule has 1 amide bonds. The Morgan fingerprint density at radius 2 is 1.71 bits per heavy atom. The topological polar surface area (TPSA) is 76.7 Å². The number of hydrogen-bond acceptors (Lipinski definition) is 7. The van der Waals surface area contributed by atoms with Gasteiger partial charge in [-0.2, -0.15) is 23.5 Å². The molecule has 3 aromatic rings. The van der Waals surface area contributed by atoms with Crippen LogP contribution in [0.4, 0.5) is 0 Å². The molecule has 0 bridgehead atoms. The molecule has 2 N–H and O–H groups in total. The van der Waals surface area contributed by atoms with Gasteiger partial charge in [-0.3, -0.25) is 4.79 Å². The first kappa shape index (κ1) is 32.7. The minimum absolute atomic E-state index is 0.186. The number of aryl methyl sites for hydroxylation is 1. The summed E-state index contributed by atoms with van der Waals surface area (Å²) in [6.45, 7) is 6.04. The van der Waals surface area contributed by atoms with E-state index in [0.717, 1.165) is 45.1 Å². The fourth-order valence-corrected chi connectivity index (χ4v) is 5.65. The van der Waals surface area contributed by atoms with E-state index in [2.05, 4.69) is 35.8 Å². The predicted molar refractivity (Wildman–Crippen MR) is 173 cm³/mol. The molecule has 0 spiro atoms. The second-order valence-corrected chi connectivity index (χ2v) is 12.1. The number of thioether (sulfide) groups is 2. The number of benzene rings is 3. The average Bonchev–Trinajstić information content (AvgIpc) is 3.00. The highest BCUT2D eigenvalue weighted by atomic mass is 32.2. The van der Waals surface area contributed by atoms with Crippen LogP contribution in [0.3, 0.4) is 0 Å². The van der Waals surface area contributed by atoms with Gasteiger partial charge in [-0.25, -0.2) is 4.79 Å². The maximum absolute atomic E-state index is 13.5. The molecule has 0 aliphatic heterocycles. The molecule has 0 saturated carbocycles. The molecule has 0 heterocycles. The number of nitrogens with one attached hydrogen (secondary N) is 2. The summed E-state index contributed by atoms with van der Waals surface area (Å²) in [4.78, 5) is 25.9. The van der Waals surface area contributed by atoms with Crippen molar-refractivity contribution in [3.8, 4) is 11.1 Å². The number of hydrogen-bond donors (Lipinski definition) is 2. The molecule has 0 radical (unpaired) electrons. The Bertz CT molecular complexity index is 1240. The van der Waals surface area contributed by atoms with Gasteiger partial charge in [0.2, 0.25) is 0 Å². The number of methoxy groups -OCH3 is 1. The summed E-state index contributed by atoms with van der Waals surface area (Å²) in [5.41, 5.74) is 5.67. The van der Waals surface area contributed by atoms with Gasteiger partial charge in [-0.1, -0.05) is 67.6 Å². The van der Waals surface area contributed by atoms with E-state index in [1.165, 1.54) is 7.11 Å². The van der Waals surface area contributed by atoms with Crippen LogP contribution >= 0.6 is 23.5 Å². The lowest BCUT2D eigenvalue weighted by Crippen LogP contribution is -2.42. The molecular formula is C33H42N2O4S2. The minimum Gasteiger partial charge on any atom is -0.467 e. The minimum atomic E-state index is -0.696. The molecule has 0 fully saturated rings. The molecule has 0 aliphatic carbocycles. The van der Waals surface area contributed by atoms with Crippen LogP contribution < -0.4 is 10.6 Å². The zero-order chi connectivity index (χ0) is 29.5. The summed E-state index contributed by atoms with van der Waals surface area (Å²) in [7, 11) is 1.35. The summed E-state index contributed by atoms with van der Waals surface area (Å²) in [6, 6.07) is 23.7. The first-order valence-electron chi connectivity index (χ1n) is 14.0. The molecular weight excluding hydrogens is 553 g/mol. The van der Waals surface area contributed by atoms with E-state index in [0.29, 0.717) is 31.7 Å². The van der Waals surface area contributed by atoms with Gasteiger partial charge in [-0.05, 0) is 71.1 Å². The maximum Gasteiger partial charge on any atom is 0.328 e. The number of amides is 1. The third kappa shape index (κ3) is 10.5. The highest BCUT2D eigenvalue weighted by Gasteiger charge is 2.24. The van der Waals surface area contributed by atoms with Crippen molar-refractivity contribution >= 4 is 35.4 Å². The van der Waals surface area contributed by atoms with Crippen molar-refractivity contribution in [1.29, 1.82) is 0 Å². The van der Waals surface area contributed by atoms with Crippen LogP contribution in [0.5, 0.6) is 0 Å². The Balaban J connectivity index is 1.79. The number of ether oxygens (including phenoxy) is 2. The number of carbonyl (C=O) groups excluding carboxylic acids is 2. The average molecular weight is 595 g/mol. The SMILES string of the molecule is CCSC[C@H](COCc1ccccc1)NCc1ccc(C(=O)N[C@@H](CCSC)C(=O)OC)c(-c2ccccc2C)c1. The van der Waals surface area contributed by atoms with E-state index in [4.69, 9.17) is 9.47 Å². The van der Waals surface area contributed by atoms with Crippen molar-refractivity contribution in [2.45, 2.75) is 45.5 Å². The summed E-state index contributed by atoms with van der Waals surface area (Å²) in [5, 5.41) is 6.58. The lowest BCUT2D eigenvalue weighted by atomic mass is 9.93. The van der Waals surface area contributed by atoms with Gasteiger partial charge < -0.3 is 20.1 Å². The van der Waals surface area contributed by atoms with Crippen LogP contribution in [-0.4, -0.2) is 61.2 Å². The third-order valence-corrected chi connectivity index (χ3v) is 8.40. The third-order valence-electron chi connectivity index (χ3n) is 6.71. The summed E-state index contributed by atoms with van der Waals surface area (Å²) >= 11 is 3.51. The van der Waals surface area contributed by atoms with Gasteiger partial charge in [0.25, 0.3) is 5.91 Å². The van der Waals surface area contributed by atoms with Crippen molar-refractivity contribution in [2.24, 2.45) is 0 Å². The van der Waals surface area contributed by atoms with E-state index in [1.54, 1.807) is 11.8 Å². The molecule has 6 nitrogen and oxygen atoms in total. The molecule has 0 unspecified atom stereocenters. The normalized spacial score (nSPS) is 12.5. The van der Waals surface area contributed by atoms with E-state index >= 15 is 0 Å². The van der Waals surface area contributed by atoms with Gasteiger partial charge in [0, 0.05) is 23.9 Å². The Hall–Kier alpha value is -2.78. The van der Waals surface area contributed by atoms with Crippen LogP contribution in [0, 0.1) is 6.92 Å². The fraction of sp³-hybridized carbons (Fsp3) is 0.394. The second-order valence-electron chi connectivity index (χ2n) is 9.76. The summed E-state index contributed by atoms with van der Waals surface area (Å²) < 4.78 is 11.0. The standard InChI is InChI=1S/C33H42N2O4S2/c1-5-41-23-27(22-39-21-25-12-7-6-8-13-25)34-20-26-15-16-29(30(19-26)28-14-10-9-11-24(28)2)32(36)35-31(17-18-40-4)33(37)38-3/h6-16,19,27,31,34H,5,17-18,20-23H2,1-4H3,(H,35,36)/t27-,31-/m0/s1. The highest BCUT2D eigenvalue weighted by molar-refractivity contribution is 7.99. The zero-order valence-electron chi connectivity index (χ0n) is 24.5. The first-order valence-corrected chi connectivity index (χ1v) is 16.5. The van der Waals surface area contributed by atoms with Crippen LogP contribution in [0.15, 0.2) is 72.8 Å². The molecule has 0 aromatic heterocycles. The maximum atomic E-state index is 13.5. The Morgan fingerprint density at radius 3 is 2.41 bits per heavy atom. The van der Waals surface area contributed by atoms with Crippen molar-refractivity contribution in [3.63, 3.8) is 0 Å². The van der Waals surface area contributed by atoms with Crippen LogP contribution in [-0.2, 0) is 27.4 Å². The molecule has 0 saturated heterocycles. The van der Waals surface area contributed by atoms with Gasteiger partial charge in [0.05, 0.1) is 20.3 Å². The largest absolute Gasteiger partial charge is 0.467 e. The van der Waals surface area contributed by atoms with Gasteiger partial charge in [-0.15, -0.1) is 0 Å². The van der Waals surface area contributed by atoms with Crippen molar-refractivity contribution < 1.29 is 19.1 Å². The number of carbonyl (C=O) groups is 2. The lowest BCUT2D eigenvalue weighted by Gasteiger charge is -2.20. The van der Waals surface area contributed by atoms with Crippen LogP contribution in [0.2, 0.25) is 0 Å². The van der Waals surface area contributed by atoms with E-state index in [-0.39, 0.29) is 11.9 Å². The summed E-state index contributed by atoms with van der Waals surface area (Å²) in [6.07, 6.45) is 2.48. The van der Waals surface area contributed by atoms with Crippen molar-refractivity contribution in [1.82, 2.24) is 10.6 Å². The molecule has 220 valence electrons. The fourth-order valence-electron chi connectivity index (χ4n) is 4.44. The van der Waals surface area contributed by atoms with Crippen molar-refractivity contribution in [3.05, 3.63) is 95.1 Å². The Kier molecular flexibility index (Phi) is 14.3. The van der Waals surface area contributed by atoms with Crippen LogP contribution in [0.1, 0.15) is 40.4 Å². The van der Waals surface area contributed by atoms with Gasteiger partial charge in [0.15, 0.2) is 0 Å². The Labute approximate surface area is 253 Å².